The maximum atomic E-state index is 13.3. The van der Waals surface area contributed by atoms with Crippen LogP contribution >= 0.6 is 23.4 Å². The fourth-order valence-electron chi connectivity index (χ4n) is 3.12. The Balaban J connectivity index is 1.66. The first-order valence-electron chi connectivity index (χ1n) is 10.4. The average molecular weight is 537 g/mol. The lowest BCUT2D eigenvalue weighted by Gasteiger charge is -2.15. The number of nitrogens with one attached hydrogen (secondary N) is 1. The number of nitrogens with zero attached hydrogens (tertiary/aromatic N) is 3. The minimum absolute atomic E-state index is 0.0407. The van der Waals surface area contributed by atoms with Crippen LogP contribution in [0.5, 0.6) is 5.75 Å². The quantitative estimate of drug-likeness (QED) is 0.319. The van der Waals surface area contributed by atoms with E-state index in [2.05, 4.69) is 15.5 Å². The van der Waals surface area contributed by atoms with Gasteiger partial charge in [-0.15, -0.1) is 10.2 Å². The van der Waals surface area contributed by atoms with E-state index in [1.165, 1.54) is 44.6 Å². The van der Waals surface area contributed by atoms with Gasteiger partial charge in [0, 0.05) is 12.7 Å². The molecule has 0 radical (unpaired) electrons. The summed E-state index contributed by atoms with van der Waals surface area (Å²) in [6.45, 7) is 1.73. The largest absolute Gasteiger partial charge is 0.481 e. The number of anilines is 1. The number of hydrogen-bond acceptors (Lipinski definition) is 9. The zero-order chi connectivity index (χ0) is 26.4. The number of thioether (sulfide) groups is 1. The molecule has 0 aliphatic heterocycles. The van der Waals surface area contributed by atoms with E-state index < -0.39 is 29.8 Å². The van der Waals surface area contributed by atoms with Gasteiger partial charge in [0.25, 0.3) is 0 Å². The molecule has 1 atom stereocenters. The first-order chi connectivity index (χ1) is 17.1. The Morgan fingerprint density at radius 2 is 1.72 bits per heavy atom. The number of rotatable bonds is 9. The number of carbonyl (C=O) groups is 3. The highest BCUT2D eigenvalue weighted by Crippen LogP contribution is 2.30. The Morgan fingerprint density at radius 3 is 2.31 bits per heavy atom. The van der Waals surface area contributed by atoms with Crippen LogP contribution in [-0.4, -0.2) is 52.6 Å². The Morgan fingerprint density at radius 1 is 1.08 bits per heavy atom. The monoisotopic (exact) mass is 536 g/mol. The molecule has 1 amide bonds. The van der Waals surface area contributed by atoms with Crippen molar-refractivity contribution in [3.63, 3.8) is 0 Å². The Hall–Kier alpha value is -3.64. The van der Waals surface area contributed by atoms with E-state index in [9.17, 15) is 18.8 Å². The number of amides is 1. The van der Waals surface area contributed by atoms with Crippen LogP contribution in [-0.2, 0) is 21.3 Å². The standard InChI is InChI=1S/C23H22ClFN4O6S/c1-12(35-18-6-5-15(25)10-17(18)24)20-27-28-23(29(20)2)36-11-19(30)26-16-8-13(21(31)33-3)7-14(9-16)22(32)34-4/h5-10,12H,11H2,1-4H3,(H,26,30). The second-order valence-electron chi connectivity index (χ2n) is 7.35. The van der Waals surface area contributed by atoms with Gasteiger partial charge in [0.15, 0.2) is 17.1 Å². The zero-order valence-electron chi connectivity index (χ0n) is 19.7. The van der Waals surface area contributed by atoms with Crippen molar-refractivity contribution < 1.29 is 33.0 Å². The number of benzene rings is 2. The van der Waals surface area contributed by atoms with Crippen LogP contribution in [0.1, 0.15) is 39.6 Å². The van der Waals surface area contributed by atoms with Crippen LogP contribution in [0.25, 0.3) is 0 Å². The van der Waals surface area contributed by atoms with Crippen molar-refractivity contribution >= 4 is 46.9 Å². The summed E-state index contributed by atoms with van der Waals surface area (Å²) in [7, 11) is 4.12. The molecule has 10 nitrogen and oxygen atoms in total. The molecule has 3 rings (SSSR count). The molecule has 1 heterocycles. The first kappa shape index (κ1) is 27.0. The second-order valence-corrected chi connectivity index (χ2v) is 8.70. The number of esters is 2. The molecule has 13 heteroatoms. The SMILES string of the molecule is COC(=O)c1cc(NC(=O)CSc2nnc(C(C)Oc3ccc(F)cc3Cl)n2C)cc(C(=O)OC)c1. The normalized spacial score (nSPS) is 11.5. The van der Waals surface area contributed by atoms with E-state index >= 15 is 0 Å². The number of halogens is 2. The predicted octanol–water partition coefficient (Wildman–Crippen LogP) is 4.05. The molecule has 0 bridgehead atoms. The van der Waals surface area contributed by atoms with Crippen LogP contribution < -0.4 is 10.1 Å². The number of methoxy groups -OCH3 is 2. The number of ether oxygens (including phenoxy) is 3. The summed E-state index contributed by atoms with van der Waals surface area (Å²) in [6, 6.07) is 7.90. The highest BCUT2D eigenvalue weighted by atomic mass is 35.5. The molecule has 3 aromatic rings. The maximum Gasteiger partial charge on any atom is 0.337 e. The van der Waals surface area contributed by atoms with Crippen molar-refractivity contribution in [2.45, 2.75) is 18.2 Å². The summed E-state index contributed by atoms with van der Waals surface area (Å²) < 4.78 is 30.1. The lowest BCUT2D eigenvalue weighted by molar-refractivity contribution is -0.113. The zero-order valence-corrected chi connectivity index (χ0v) is 21.3. The third kappa shape index (κ3) is 6.52. The van der Waals surface area contributed by atoms with Gasteiger partial charge in [-0.1, -0.05) is 23.4 Å². The van der Waals surface area contributed by atoms with Crippen molar-refractivity contribution in [3.05, 3.63) is 64.2 Å². The number of aromatic nitrogens is 3. The van der Waals surface area contributed by atoms with Crippen molar-refractivity contribution in [2.24, 2.45) is 7.05 Å². The van der Waals surface area contributed by atoms with E-state index in [1.807, 2.05) is 0 Å². The van der Waals surface area contributed by atoms with Gasteiger partial charge in [0.05, 0.1) is 36.1 Å². The van der Waals surface area contributed by atoms with Crippen LogP contribution in [0, 0.1) is 5.82 Å². The average Bonchev–Trinajstić information content (AvgIpc) is 3.23. The van der Waals surface area contributed by atoms with Gasteiger partial charge in [-0.05, 0) is 43.3 Å². The van der Waals surface area contributed by atoms with Crippen LogP contribution in [0.3, 0.4) is 0 Å². The fraction of sp³-hybridized carbons (Fsp3) is 0.261. The molecule has 0 fully saturated rings. The molecule has 1 unspecified atom stereocenters. The molecular weight excluding hydrogens is 515 g/mol. The third-order valence-corrected chi connectivity index (χ3v) is 6.14. The summed E-state index contributed by atoms with van der Waals surface area (Å²) in [6.07, 6.45) is -0.563. The van der Waals surface area contributed by atoms with E-state index in [-0.39, 0.29) is 27.6 Å². The Kier molecular flexibility index (Phi) is 8.88. The van der Waals surface area contributed by atoms with E-state index in [4.69, 9.17) is 25.8 Å². The van der Waals surface area contributed by atoms with Crippen LogP contribution in [0.15, 0.2) is 41.6 Å². The molecular formula is C23H22ClFN4O6S. The third-order valence-electron chi connectivity index (χ3n) is 4.82. The van der Waals surface area contributed by atoms with Gasteiger partial charge in [-0.25, -0.2) is 14.0 Å². The van der Waals surface area contributed by atoms with Crippen LogP contribution in [0.4, 0.5) is 10.1 Å². The lowest BCUT2D eigenvalue weighted by Crippen LogP contribution is -2.16. The van der Waals surface area contributed by atoms with Crippen molar-refractivity contribution in [1.82, 2.24) is 14.8 Å². The molecule has 0 saturated carbocycles. The summed E-state index contributed by atoms with van der Waals surface area (Å²) in [4.78, 5) is 36.4. The fourth-order valence-corrected chi connectivity index (χ4v) is 4.05. The molecule has 0 aliphatic rings. The van der Waals surface area contributed by atoms with Crippen molar-refractivity contribution in [2.75, 3.05) is 25.3 Å². The molecule has 0 spiro atoms. The van der Waals surface area contributed by atoms with Crippen molar-refractivity contribution in [3.8, 4) is 5.75 Å². The summed E-state index contributed by atoms with van der Waals surface area (Å²) >= 11 is 7.14. The number of hydrogen-bond donors (Lipinski definition) is 1. The van der Waals surface area contributed by atoms with Gasteiger partial charge in [0.1, 0.15) is 11.6 Å². The summed E-state index contributed by atoms with van der Waals surface area (Å²) in [5.74, 6) is -1.51. The Labute approximate surface area is 215 Å². The van der Waals surface area contributed by atoms with E-state index in [0.717, 1.165) is 17.8 Å². The van der Waals surface area contributed by atoms with Gasteiger partial charge in [-0.3, -0.25) is 4.79 Å². The molecule has 1 N–H and O–H groups in total. The van der Waals surface area contributed by atoms with E-state index in [1.54, 1.807) is 18.5 Å². The minimum Gasteiger partial charge on any atom is -0.481 e. The number of carbonyl (C=O) groups excluding carboxylic acids is 3. The summed E-state index contributed by atoms with van der Waals surface area (Å²) in [5, 5.41) is 11.4. The Bertz CT molecular complexity index is 1270. The molecule has 36 heavy (non-hydrogen) atoms. The highest BCUT2D eigenvalue weighted by Gasteiger charge is 2.20. The minimum atomic E-state index is -0.671. The topological polar surface area (TPSA) is 122 Å². The van der Waals surface area contributed by atoms with Gasteiger partial charge < -0.3 is 24.1 Å². The molecule has 2 aromatic carbocycles. The smallest absolute Gasteiger partial charge is 0.337 e. The first-order valence-corrected chi connectivity index (χ1v) is 11.7. The predicted molar refractivity (Wildman–Crippen MR) is 130 cm³/mol. The highest BCUT2D eigenvalue weighted by molar-refractivity contribution is 7.99. The van der Waals surface area contributed by atoms with Gasteiger partial charge in [0.2, 0.25) is 5.91 Å². The van der Waals surface area contributed by atoms with E-state index in [0.29, 0.717) is 16.7 Å². The lowest BCUT2D eigenvalue weighted by atomic mass is 10.1. The summed E-state index contributed by atoms with van der Waals surface area (Å²) in [5.41, 5.74) is 0.383. The van der Waals surface area contributed by atoms with Gasteiger partial charge >= 0.3 is 11.9 Å². The van der Waals surface area contributed by atoms with Gasteiger partial charge in [-0.2, -0.15) is 0 Å². The second kappa shape index (κ2) is 11.9. The molecule has 0 aliphatic carbocycles. The molecule has 1 aromatic heterocycles. The maximum absolute atomic E-state index is 13.3. The van der Waals surface area contributed by atoms with Crippen LogP contribution in [0.2, 0.25) is 5.02 Å². The molecule has 190 valence electrons. The molecule has 0 saturated heterocycles. The van der Waals surface area contributed by atoms with Crippen molar-refractivity contribution in [1.29, 1.82) is 0 Å².